The van der Waals surface area contributed by atoms with E-state index in [0.717, 1.165) is 80.8 Å². The number of carboxylic acid groups (broad SMARTS) is 1. The van der Waals surface area contributed by atoms with Crippen molar-refractivity contribution in [3.8, 4) is 22.6 Å². The first-order chi connectivity index (χ1) is 16.5. The van der Waals surface area contributed by atoms with Crippen molar-refractivity contribution in [3.63, 3.8) is 0 Å². The number of amides is 1. The van der Waals surface area contributed by atoms with Gasteiger partial charge in [-0.25, -0.2) is 4.79 Å². The maximum atomic E-state index is 12.8. The second-order valence-corrected chi connectivity index (χ2v) is 10.6. The van der Waals surface area contributed by atoms with Gasteiger partial charge in [0.2, 0.25) is 0 Å². The zero-order valence-corrected chi connectivity index (χ0v) is 20.1. The molecule has 2 aliphatic carbocycles. The molecule has 3 heterocycles. The molecule has 3 saturated heterocycles. The number of rotatable bonds is 5. The summed E-state index contributed by atoms with van der Waals surface area (Å²) in [4.78, 5) is 17.2. The monoisotopic (exact) mass is 462 g/mol. The molecule has 1 unspecified atom stereocenters. The van der Waals surface area contributed by atoms with Gasteiger partial charge in [0.15, 0.2) is 0 Å². The first-order valence-electron chi connectivity index (χ1n) is 12.6. The van der Waals surface area contributed by atoms with Crippen molar-refractivity contribution < 1.29 is 19.4 Å². The fourth-order valence-corrected chi connectivity index (χ4v) is 6.97. The van der Waals surface area contributed by atoms with Crippen LogP contribution in [0.5, 0.6) is 11.5 Å². The lowest BCUT2D eigenvalue weighted by atomic mass is 9.73. The van der Waals surface area contributed by atoms with Crippen LogP contribution >= 0.6 is 0 Å². The molecule has 180 valence electrons. The number of piperidine rings is 3. The Morgan fingerprint density at radius 3 is 2.47 bits per heavy atom. The minimum atomic E-state index is -0.747. The van der Waals surface area contributed by atoms with Gasteiger partial charge in [0, 0.05) is 18.2 Å². The second kappa shape index (κ2) is 8.19. The van der Waals surface area contributed by atoms with Crippen LogP contribution in [0, 0.1) is 11.3 Å². The van der Waals surface area contributed by atoms with Crippen molar-refractivity contribution in [2.45, 2.75) is 50.6 Å². The molecule has 5 aliphatic rings. The zero-order chi connectivity index (χ0) is 23.4. The number of fused-ring (bicyclic) bond motifs is 4. The Morgan fingerprint density at radius 1 is 1.06 bits per heavy atom. The topological polar surface area (TPSA) is 62.2 Å². The Balaban J connectivity index is 1.40. The van der Waals surface area contributed by atoms with Crippen molar-refractivity contribution in [2.75, 3.05) is 33.9 Å². The lowest BCUT2D eigenvalue weighted by Crippen LogP contribution is -2.60. The molecule has 1 saturated carbocycles. The molecule has 7 rings (SSSR count). The van der Waals surface area contributed by atoms with E-state index in [1.54, 1.807) is 14.2 Å². The smallest absolute Gasteiger partial charge is 0.408 e. The number of hydrogen-bond acceptors (Lipinski definition) is 4. The summed E-state index contributed by atoms with van der Waals surface area (Å²) < 4.78 is 11.0. The number of benzene rings is 2. The molecule has 0 aromatic heterocycles. The molecule has 2 aromatic rings. The number of methoxy groups -OCH3 is 2. The fraction of sp³-hybridized carbons (Fsp3) is 0.536. The summed E-state index contributed by atoms with van der Waals surface area (Å²) in [5.41, 5.74) is 4.76. The Labute approximate surface area is 201 Å². The number of nitrogens with zero attached hydrogens (tertiary/aromatic N) is 2. The highest BCUT2D eigenvalue weighted by Gasteiger charge is 2.57. The Bertz CT molecular complexity index is 1100. The van der Waals surface area contributed by atoms with Crippen LogP contribution in [-0.4, -0.2) is 60.9 Å². The maximum Gasteiger partial charge on any atom is 0.408 e. The van der Waals surface area contributed by atoms with Gasteiger partial charge in [-0.2, -0.15) is 0 Å². The van der Waals surface area contributed by atoms with Gasteiger partial charge in [-0.3, -0.25) is 4.90 Å². The predicted octanol–water partition coefficient (Wildman–Crippen LogP) is 5.21. The molecule has 2 bridgehead atoms. The highest BCUT2D eigenvalue weighted by molar-refractivity contribution is 5.73. The number of ether oxygens (including phenoxy) is 2. The minimum absolute atomic E-state index is 0.0360. The van der Waals surface area contributed by atoms with E-state index in [-0.39, 0.29) is 17.5 Å². The molecule has 2 aromatic carbocycles. The van der Waals surface area contributed by atoms with Crippen LogP contribution in [0.1, 0.15) is 49.3 Å². The quantitative estimate of drug-likeness (QED) is 0.661. The summed E-state index contributed by atoms with van der Waals surface area (Å²) in [6.45, 7) is 3.13. The third kappa shape index (κ3) is 3.46. The van der Waals surface area contributed by atoms with Gasteiger partial charge >= 0.3 is 6.09 Å². The molecule has 6 heteroatoms. The summed E-state index contributed by atoms with van der Waals surface area (Å²) in [5, 5.41) is 10.5. The van der Waals surface area contributed by atoms with Gasteiger partial charge in [0.05, 0.1) is 26.3 Å². The van der Waals surface area contributed by atoms with Crippen molar-refractivity contribution >= 4 is 6.09 Å². The maximum absolute atomic E-state index is 12.8. The molecule has 3 aliphatic heterocycles. The normalized spacial score (nSPS) is 28.3. The van der Waals surface area contributed by atoms with E-state index in [9.17, 15) is 9.90 Å². The number of hydrogen-bond donors (Lipinski definition) is 1. The van der Waals surface area contributed by atoms with E-state index < -0.39 is 6.09 Å². The lowest BCUT2D eigenvalue weighted by molar-refractivity contribution is -0.0243. The van der Waals surface area contributed by atoms with Gasteiger partial charge in [-0.15, -0.1) is 0 Å². The molecule has 6 nitrogen and oxygen atoms in total. The molecule has 2 atom stereocenters. The van der Waals surface area contributed by atoms with E-state index in [1.165, 1.54) is 11.1 Å². The van der Waals surface area contributed by atoms with Crippen molar-refractivity contribution in [2.24, 2.45) is 11.3 Å². The summed E-state index contributed by atoms with van der Waals surface area (Å²) in [6, 6.07) is 12.6. The van der Waals surface area contributed by atoms with E-state index in [4.69, 9.17) is 9.47 Å². The van der Waals surface area contributed by atoms with Crippen LogP contribution in [0.4, 0.5) is 4.79 Å². The highest BCUT2D eigenvalue weighted by Crippen LogP contribution is 2.64. The van der Waals surface area contributed by atoms with Crippen LogP contribution in [0.15, 0.2) is 36.4 Å². The summed E-state index contributed by atoms with van der Waals surface area (Å²) in [7, 11) is 3.34. The molecule has 0 radical (unpaired) electrons. The van der Waals surface area contributed by atoms with Crippen LogP contribution < -0.4 is 9.47 Å². The van der Waals surface area contributed by atoms with Crippen LogP contribution in [0.2, 0.25) is 0 Å². The molecule has 1 amide bonds. The number of carbonyl (C=O) groups is 1. The lowest BCUT2D eigenvalue weighted by Gasteiger charge is -2.52. The molecule has 4 fully saturated rings. The third-order valence-electron chi connectivity index (χ3n) is 9.00. The van der Waals surface area contributed by atoms with E-state index in [1.807, 2.05) is 23.1 Å². The third-order valence-corrected chi connectivity index (χ3v) is 9.00. The average Bonchev–Trinajstić information content (AvgIpc) is 3.65. The SMILES string of the molecule is COc1ccc(-c2ccc3c(c2)CCC2(CC2)[C@@H]3N(C(=O)O)C2CN3CCC2CC3)c(OC)c1. The van der Waals surface area contributed by atoms with Gasteiger partial charge < -0.3 is 19.5 Å². The van der Waals surface area contributed by atoms with Crippen molar-refractivity contribution in [3.05, 3.63) is 47.5 Å². The van der Waals surface area contributed by atoms with E-state index in [2.05, 4.69) is 23.1 Å². The standard InChI is InChI=1S/C28H34N2O4/c1-33-21-4-6-22(25(16-21)34-2)19-3-5-23-20(15-19)7-10-28(11-12-28)26(23)30(27(31)32)24-17-29-13-8-18(24)9-14-29/h3-6,15-16,18,24,26H,7-14,17H2,1-2H3,(H,31,32)/t24?,26-/m1/s1. The van der Waals surface area contributed by atoms with Crippen molar-refractivity contribution in [1.82, 2.24) is 9.80 Å². The second-order valence-electron chi connectivity index (χ2n) is 10.6. The molecular weight excluding hydrogens is 428 g/mol. The van der Waals surface area contributed by atoms with Crippen LogP contribution in [0.25, 0.3) is 11.1 Å². The van der Waals surface area contributed by atoms with Crippen LogP contribution in [0.3, 0.4) is 0 Å². The first kappa shape index (κ1) is 21.8. The molecular formula is C28H34N2O4. The van der Waals surface area contributed by atoms with Gasteiger partial charge in [0.1, 0.15) is 11.5 Å². The largest absolute Gasteiger partial charge is 0.497 e. The zero-order valence-electron chi connectivity index (χ0n) is 20.1. The van der Waals surface area contributed by atoms with Gasteiger partial charge in [0.25, 0.3) is 0 Å². The van der Waals surface area contributed by atoms with Gasteiger partial charge in [-0.1, -0.05) is 18.2 Å². The Morgan fingerprint density at radius 2 is 1.85 bits per heavy atom. The Hall–Kier alpha value is -2.73. The Kier molecular flexibility index (Phi) is 5.25. The summed E-state index contributed by atoms with van der Waals surface area (Å²) >= 11 is 0. The summed E-state index contributed by atoms with van der Waals surface area (Å²) in [5.74, 6) is 2.04. The number of aryl methyl sites for hydroxylation is 1. The van der Waals surface area contributed by atoms with Gasteiger partial charge in [-0.05, 0) is 91.8 Å². The molecule has 34 heavy (non-hydrogen) atoms. The summed E-state index contributed by atoms with van der Waals surface area (Å²) in [6.07, 6.45) is 5.84. The minimum Gasteiger partial charge on any atom is -0.497 e. The fourth-order valence-electron chi connectivity index (χ4n) is 6.97. The van der Waals surface area contributed by atoms with E-state index >= 15 is 0 Å². The van der Waals surface area contributed by atoms with Crippen LogP contribution in [-0.2, 0) is 6.42 Å². The van der Waals surface area contributed by atoms with E-state index in [0.29, 0.717) is 5.92 Å². The average molecular weight is 463 g/mol. The predicted molar refractivity (Wildman–Crippen MR) is 131 cm³/mol. The molecule has 1 N–H and O–H groups in total. The molecule has 1 spiro atoms. The van der Waals surface area contributed by atoms with Crippen molar-refractivity contribution in [1.29, 1.82) is 0 Å². The first-order valence-corrected chi connectivity index (χ1v) is 12.6. The highest BCUT2D eigenvalue weighted by atomic mass is 16.5.